The van der Waals surface area contributed by atoms with Gasteiger partial charge >= 0.3 is 0 Å². The first-order valence-electron chi connectivity index (χ1n) is 7.35. The van der Waals surface area contributed by atoms with E-state index in [0.717, 1.165) is 0 Å². The normalized spacial score (nSPS) is 20.3. The van der Waals surface area contributed by atoms with E-state index >= 15 is 0 Å². The lowest BCUT2D eigenvalue weighted by atomic mass is 10.1. The molecule has 2 heterocycles. The summed E-state index contributed by atoms with van der Waals surface area (Å²) in [6.45, 7) is 0.280. The third kappa shape index (κ3) is 3.13. The minimum Gasteiger partial charge on any atom is -0.380 e. The second-order valence-corrected chi connectivity index (χ2v) is 5.99. The van der Waals surface area contributed by atoms with Crippen molar-refractivity contribution in [2.75, 3.05) is 13.7 Å². The second kappa shape index (κ2) is 6.62. The number of rotatable bonds is 4. The van der Waals surface area contributed by atoms with Gasteiger partial charge in [0, 0.05) is 36.7 Å². The average molecular weight is 350 g/mol. The summed E-state index contributed by atoms with van der Waals surface area (Å²) in [7, 11) is 1.53. The van der Waals surface area contributed by atoms with Crippen LogP contribution in [-0.2, 0) is 9.53 Å². The molecule has 3 rings (SSSR count). The summed E-state index contributed by atoms with van der Waals surface area (Å²) in [6.07, 6.45) is 0.141. The van der Waals surface area contributed by atoms with E-state index in [1.54, 1.807) is 24.3 Å². The van der Waals surface area contributed by atoms with E-state index in [9.17, 15) is 9.59 Å². The first kappa shape index (κ1) is 16.5. The Morgan fingerprint density at radius 1 is 1.42 bits per heavy atom. The lowest BCUT2D eigenvalue weighted by Gasteiger charge is -2.20. The molecule has 1 aromatic carbocycles. The Kier molecular flexibility index (Phi) is 4.55. The van der Waals surface area contributed by atoms with Gasteiger partial charge in [0.05, 0.1) is 6.10 Å². The van der Waals surface area contributed by atoms with Crippen LogP contribution in [-0.4, -0.2) is 47.7 Å². The Balaban J connectivity index is 1.84. The van der Waals surface area contributed by atoms with Crippen molar-refractivity contribution in [3.63, 3.8) is 0 Å². The highest BCUT2D eigenvalue weighted by molar-refractivity contribution is 6.30. The molecule has 1 aliphatic heterocycles. The molecule has 2 atom stereocenters. The number of methoxy groups -OCH3 is 1. The number of benzene rings is 1. The lowest BCUT2D eigenvalue weighted by molar-refractivity contribution is -0.121. The Bertz CT molecular complexity index is 776. The highest BCUT2D eigenvalue weighted by Gasteiger charge is 2.40. The first-order valence-corrected chi connectivity index (χ1v) is 7.73. The molecular formula is C16H16ClN3O4. The molecule has 2 aromatic rings. The Morgan fingerprint density at radius 2 is 2.21 bits per heavy atom. The summed E-state index contributed by atoms with van der Waals surface area (Å²) in [5.74, 6) is -0.573. The Morgan fingerprint density at radius 3 is 2.88 bits per heavy atom. The molecule has 1 aromatic heterocycles. The number of hydrogen-bond donors (Lipinski definition) is 1. The van der Waals surface area contributed by atoms with Gasteiger partial charge in [-0.05, 0) is 12.1 Å². The zero-order valence-corrected chi connectivity index (χ0v) is 13.7. The van der Waals surface area contributed by atoms with Crippen LogP contribution in [0.15, 0.2) is 34.9 Å². The molecule has 0 bridgehead atoms. The number of nitrogens with zero attached hydrogens (tertiary/aromatic N) is 2. The minimum atomic E-state index is -0.714. The van der Waals surface area contributed by atoms with Crippen molar-refractivity contribution >= 4 is 23.4 Å². The van der Waals surface area contributed by atoms with Gasteiger partial charge < -0.3 is 19.9 Å². The predicted molar refractivity (Wildman–Crippen MR) is 86.4 cm³/mol. The van der Waals surface area contributed by atoms with Crippen LogP contribution in [0, 0.1) is 0 Å². The molecular weight excluding hydrogens is 334 g/mol. The van der Waals surface area contributed by atoms with Gasteiger partial charge in [0.1, 0.15) is 6.04 Å². The smallest absolute Gasteiger partial charge is 0.276 e. The molecule has 0 saturated carbocycles. The average Bonchev–Trinajstić information content (AvgIpc) is 3.21. The zero-order chi connectivity index (χ0) is 17.3. The summed E-state index contributed by atoms with van der Waals surface area (Å²) >= 11 is 5.95. The van der Waals surface area contributed by atoms with Crippen molar-refractivity contribution in [3.05, 3.63) is 41.0 Å². The lowest BCUT2D eigenvalue weighted by Crippen LogP contribution is -2.43. The fraction of sp³-hybridized carbons (Fsp3) is 0.312. The molecule has 0 aliphatic carbocycles. The Labute approximate surface area is 143 Å². The van der Waals surface area contributed by atoms with Gasteiger partial charge in [0.25, 0.3) is 5.91 Å². The van der Waals surface area contributed by atoms with Crippen molar-refractivity contribution in [2.24, 2.45) is 5.73 Å². The number of likely N-dealkylation sites (tertiary alicyclic amines) is 1. The molecule has 2 N–H and O–H groups in total. The van der Waals surface area contributed by atoms with Crippen LogP contribution in [0.3, 0.4) is 0 Å². The fourth-order valence-corrected chi connectivity index (χ4v) is 2.95. The SMILES string of the molecule is CO[C@H]1C[C@@H](C(N)=O)N(C(=O)c2cc(-c3cccc(Cl)c3)on2)C1. The summed E-state index contributed by atoms with van der Waals surface area (Å²) in [6, 6.07) is 7.82. The summed E-state index contributed by atoms with van der Waals surface area (Å²) < 4.78 is 10.5. The number of halogens is 1. The molecule has 8 heteroatoms. The molecule has 0 radical (unpaired) electrons. The number of primary amides is 1. The minimum absolute atomic E-state index is 0.105. The standard InChI is InChI=1S/C16H16ClN3O4/c1-23-11-6-13(15(18)21)20(8-11)16(22)12-7-14(24-19-12)9-3-2-4-10(17)5-9/h2-5,7,11,13H,6,8H2,1H3,(H2,18,21)/t11-,13-/m0/s1. The van der Waals surface area contributed by atoms with E-state index < -0.39 is 17.9 Å². The van der Waals surface area contributed by atoms with E-state index in [-0.39, 0.29) is 18.3 Å². The fourth-order valence-electron chi connectivity index (χ4n) is 2.76. The van der Waals surface area contributed by atoms with Gasteiger partial charge in [-0.1, -0.05) is 28.9 Å². The second-order valence-electron chi connectivity index (χ2n) is 5.56. The summed E-state index contributed by atoms with van der Waals surface area (Å²) in [4.78, 5) is 25.6. The highest BCUT2D eigenvalue weighted by atomic mass is 35.5. The molecule has 0 unspecified atom stereocenters. The monoisotopic (exact) mass is 349 g/mol. The number of ether oxygens (including phenoxy) is 1. The van der Waals surface area contributed by atoms with Gasteiger partial charge in [0.15, 0.2) is 11.5 Å². The van der Waals surface area contributed by atoms with Crippen LogP contribution in [0.5, 0.6) is 0 Å². The number of carbonyl (C=O) groups excluding carboxylic acids is 2. The molecule has 1 aliphatic rings. The van der Waals surface area contributed by atoms with E-state index in [2.05, 4.69) is 5.16 Å². The van der Waals surface area contributed by atoms with Crippen LogP contribution >= 0.6 is 11.6 Å². The van der Waals surface area contributed by atoms with Crippen molar-refractivity contribution in [1.29, 1.82) is 0 Å². The largest absolute Gasteiger partial charge is 0.380 e. The van der Waals surface area contributed by atoms with Crippen molar-refractivity contribution in [2.45, 2.75) is 18.6 Å². The maximum absolute atomic E-state index is 12.6. The van der Waals surface area contributed by atoms with Gasteiger partial charge in [-0.15, -0.1) is 0 Å². The van der Waals surface area contributed by atoms with E-state index in [1.165, 1.54) is 18.1 Å². The third-order valence-electron chi connectivity index (χ3n) is 4.02. The highest BCUT2D eigenvalue weighted by Crippen LogP contribution is 2.26. The van der Waals surface area contributed by atoms with Crippen LogP contribution in [0.2, 0.25) is 5.02 Å². The predicted octanol–water partition coefficient (Wildman–Crippen LogP) is 1.71. The van der Waals surface area contributed by atoms with Gasteiger partial charge in [0.2, 0.25) is 5.91 Å². The third-order valence-corrected chi connectivity index (χ3v) is 4.26. The molecule has 24 heavy (non-hydrogen) atoms. The van der Waals surface area contributed by atoms with Crippen LogP contribution in [0.4, 0.5) is 0 Å². The molecule has 2 amide bonds. The topological polar surface area (TPSA) is 98.7 Å². The van der Waals surface area contributed by atoms with E-state index in [4.69, 9.17) is 26.6 Å². The molecule has 1 fully saturated rings. The van der Waals surface area contributed by atoms with E-state index in [0.29, 0.717) is 22.8 Å². The first-order chi connectivity index (χ1) is 11.5. The number of carbonyl (C=O) groups is 2. The molecule has 7 nitrogen and oxygen atoms in total. The maximum Gasteiger partial charge on any atom is 0.276 e. The molecule has 126 valence electrons. The summed E-state index contributed by atoms with van der Waals surface area (Å²) in [5, 5.41) is 4.36. The van der Waals surface area contributed by atoms with Crippen molar-refractivity contribution in [3.8, 4) is 11.3 Å². The number of hydrogen-bond acceptors (Lipinski definition) is 5. The number of aromatic nitrogens is 1. The van der Waals surface area contributed by atoms with Gasteiger partial charge in [-0.2, -0.15) is 0 Å². The van der Waals surface area contributed by atoms with Crippen molar-refractivity contribution < 1.29 is 18.8 Å². The Hall–Kier alpha value is -2.38. The van der Waals surface area contributed by atoms with Crippen LogP contribution in [0.25, 0.3) is 11.3 Å². The maximum atomic E-state index is 12.6. The van der Waals surface area contributed by atoms with Gasteiger partial charge in [-0.3, -0.25) is 9.59 Å². The number of amides is 2. The number of nitrogens with two attached hydrogens (primary N) is 1. The molecule has 0 spiro atoms. The molecule has 1 saturated heterocycles. The van der Waals surface area contributed by atoms with Gasteiger partial charge in [-0.25, -0.2) is 0 Å². The van der Waals surface area contributed by atoms with Crippen LogP contribution < -0.4 is 5.73 Å². The zero-order valence-electron chi connectivity index (χ0n) is 12.9. The summed E-state index contributed by atoms with van der Waals surface area (Å²) in [5.41, 5.74) is 6.20. The van der Waals surface area contributed by atoms with Crippen molar-refractivity contribution in [1.82, 2.24) is 10.1 Å². The van der Waals surface area contributed by atoms with E-state index in [1.807, 2.05) is 0 Å². The quantitative estimate of drug-likeness (QED) is 0.905. The van der Waals surface area contributed by atoms with Crippen LogP contribution in [0.1, 0.15) is 16.9 Å².